The van der Waals surface area contributed by atoms with Crippen LogP contribution in [0.3, 0.4) is 0 Å². The number of rotatable bonds is 7. The van der Waals surface area contributed by atoms with Crippen LogP contribution in [0.1, 0.15) is 42.8 Å². The van der Waals surface area contributed by atoms with E-state index in [2.05, 4.69) is 0 Å². The van der Waals surface area contributed by atoms with Crippen LogP contribution in [-0.4, -0.2) is 22.8 Å². The Balaban J connectivity index is 1.76. The van der Waals surface area contributed by atoms with Crippen molar-refractivity contribution in [2.45, 2.75) is 31.7 Å². The second kappa shape index (κ2) is 9.73. The summed E-state index contributed by atoms with van der Waals surface area (Å²) in [6.45, 7) is 0.456. The van der Waals surface area contributed by atoms with E-state index in [1.165, 1.54) is 0 Å². The first kappa shape index (κ1) is 20.4. The lowest BCUT2D eigenvalue weighted by Gasteiger charge is -2.37. The number of hydrogen-bond donors (Lipinski definition) is 2. The lowest BCUT2D eigenvalue weighted by molar-refractivity contribution is -0.245. The minimum absolute atomic E-state index is 0.0327. The molecule has 0 spiro atoms. The number of phenols is 1. The monoisotopic (exact) mass is 402 g/mol. The van der Waals surface area contributed by atoms with Gasteiger partial charge in [-0.2, -0.15) is 0 Å². The maximum absolute atomic E-state index is 10.6. The van der Waals surface area contributed by atoms with Crippen molar-refractivity contribution in [3.63, 3.8) is 0 Å². The van der Waals surface area contributed by atoms with Crippen molar-refractivity contribution in [3.8, 4) is 5.75 Å². The van der Waals surface area contributed by atoms with Gasteiger partial charge in [0.25, 0.3) is 0 Å². The summed E-state index contributed by atoms with van der Waals surface area (Å²) < 4.78 is 12.2. The van der Waals surface area contributed by atoms with Crippen LogP contribution in [0.5, 0.6) is 5.75 Å². The smallest absolute Gasteiger partial charge is 0.327 e. The Morgan fingerprint density at radius 3 is 2.57 bits per heavy atom. The molecule has 28 heavy (non-hydrogen) atoms. The molecule has 0 aliphatic carbocycles. The molecular formula is C22H23ClO5. The van der Waals surface area contributed by atoms with E-state index in [0.717, 1.165) is 24.5 Å². The molecule has 1 saturated heterocycles. The van der Waals surface area contributed by atoms with Crippen molar-refractivity contribution < 1.29 is 24.5 Å². The van der Waals surface area contributed by atoms with E-state index in [4.69, 9.17) is 26.2 Å². The number of ether oxygens (including phenoxy) is 2. The highest BCUT2D eigenvalue weighted by Gasteiger charge is 2.35. The third-order valence-electron chi connectivity index (χ3n) is 4.77. The predicted molar refractivity (Wildman–Crippen MR) is 106 cm³/mol. The number of benzene rings is 2. The first-order chi connectivity index (χ1) is 13.6. The van der Waals surface area contributed by atoms with E-state index in [9.17, 15) is 9.90 Å². The maximum Gasteiger partial charge on any atom is 0.327 e. The normalized spacial score (nSPS) is 22.4. The average molecular weight is 403 g/mol. The Bertz CT molecular complexity index is 835. The maximum atomic E-state index is 10.6. The van der Waals surface area contributed by atoms with Crippen LogP contribution in [0.4, 0.5) is 0 Å². The van der Waals surface area contributed by atoms with Crippen molar-refractivity contribution in [3.05, 3.63) is 76.8 Å². The van der Waals surface area contributed by atoms with E-state index in [-0.39, 0.29) is 17.8 Å². The Hall–Kier alpha value is -2.34. The molecule has 5 nitrogen and oxygen atoms in total. The largest absolute Gasteiger partial charge is 0.508 e. The molecule has 0 amide bonds. The summed E-state index contributed by atoms with van der Waals surface area (Å²) in [5, 5.41) is 19.6. The Morgan fingerprint density at radius 1 is 1.14 bits per heavy atom. The van der Waals surface area contributed by atoms with Crippen molar-refractivity contribution in [2.24, 2.45) is 5.92 Å². The molecule has 0 radical (unpaired) electrons. The Kier molecular flexibility index (Phi) is 7.09. The van der Waals surface area contributed by atoms with Gasteiger partial charge in [0.05, 0.1) is 12.7 Å². The summed E-state index contributed by atoms with van der Waals surface area (Å²) in [7, 11) is 0. The number of carboxylic acids is 1. The van der Waals surface area contributed by atoms with E-state index < -0.39 is 12.3 Å². The van der Waals surface area contributed by atoms with Crippen LogP contribution in [0, 0.1) is 5.92 Å². The average Bonchev–Trinajstić information content (AvgIpc) is 2.68. The molecule has 2 aromatic rings. The Morgan fingerprint density at radius 2 is 1.86 bits per heavy atom. The van der Waals surface area contributed by atoms with Crippen molar-refractivity contribution in [1.82, 2.24) is 0 Å². The van der Waals surface area contributed by atoms with Gasteiger partial charge in [0, 0.05) is 28.1 Å². The molecule has 6 heteroatoms. The van der Waals surface area contributed by atoms with Gasteiger partial charge in [0.2, 0.25) is 0 Å². The molecule has 1 unspecified atom stereocenters. The van der Waals surface area contributed by atoms with Gasteiger partial charge in [-0.25, -0.2) is 4.79 Å². The molecule has 3 rings (SSSR count). The van der Waals surface area contributed by atoms with Crippen LogP contribution in [-0.2, 0) is 14.3 Å². The number of aromatic hydroxyl groups is 1. The van der Waals surface area contributed by atoms with Gasteiger partial charge in [-0.1, -0.05) is 54.1 Å². The second-order valence-electron chi connectivity index (χ2n) is 6.73. The molecule has 3 atom stereocenters. The highest BCUT2D eigenvalue weighted by molar-refractivity contribution is 6.31. The Labute approximate surface area is 169 Å². The molecule has 1 heterocycles. The summed E-state index contributed by atoms with van der Waals surface area (Å²) in [6, 6.07) is 14.5. The molecular weight excluding hydrogens is 380 g/mol. The SMILES string of the molecule is O=C(O)C=CCCCC1CO[C@H](c2ccccc2Cl)O[C@@H]1c1ccccc1O. The lowest BCUT2D eigenvalue weighted by Crippen LogP contribution is -2.30. The van der Waals surface area contributed by atoms with E-state index in [1.54, 1.807) is 24.3 Å². The van der Waals surface area contributed by atoms with Gasteiger partial charge in [0.1, 0.15) is 5.75 Å². The molecule has 0 aromatic heterocycles. The topological polar surface area (TPSA) is 76.0 Å². The molecule has 148 valence electrons. The zero-order chi connectivity index (χ0) is 19.9. The van der Waals surface area contributed by atoms with Crippen molar-refractivity contribution in [1.29, 1.82) is 0 Å². The number of unbranched alkanes of at least 4 members (excludes halogenated alkanes) is 1. The van der Waals surface area contributed by atoms with Crippen LogP contribution >= 0.6 is 11.6 Å². The van der Waals surface area contributed by atoms with Gasteiger partial charge in [0.15, 0.2) is 6.29 Å². The number of para-hydroxylation sites is 1. The molecule has 0 saturated carbocycles. The summed E-state index contributed by atoms with van der Waals surface area (Å²) in [4.78, 5) is 10.6. The van der Waals surface area contributed by atoms with E-state index in [1.807, 2.05) is 30.3 Å². The quantitative estimate of drug-likeness (QED) is 0.488. The zero-order valence-electron chi connectivity index (χ0n) is 15.3. The van der Waals surface area contributed by atoms with E-state index in [0.29, 0.717) is 23.6 Å². The fourth-order valence-corrected chi connectivity index (χ4v) is 3.61. The summed E-state index contributed by atoms with van der Waals surface area (Å²) in [5.74, 6) is -0.729. The van der Waals surface area contributed by atoms with Crippen LogP contribution in [0.15, 0.2) is 60.7 Å². The van der Waals surface area contributed by atoms with Gasteiger partial charge in [-0.15, -0.1) is 0 Å². The highest BCUT2D eigenvalue weighted by atomic mass is 35.5. The number of halogens is 1. The van der Waals surface area contributed by atoms with Crippen molar-refractivity contribution >= 4 is 17.6 Å². The number of carbonyl (C=O) groups is 1. The van der Waals surface area contributed by atoms with Crippen molar-refractivity contribution in [2.75, 3.05) is 6.61 Å². The molecule has 2 aromatic carbocycles. The summed E-state index contributed by atoms with van der Waals surface area (Å²) >= 11 is 6.30. The second-order valence-corrected chi connectivity index (χ2v) is 7.14. The number of allylic oxidation sites excluding steroid dienone is 1. The molecule has 1 aliphatic heterocycles. The fraction of sp³-hybridized carbons (Fsp3) is 0.318. The highest BCUT2D eigenvalue weighted by Crippen LogP contribution is 2.43. The van der Waals surface area contributed by atoms with Crippen LogP contribution < -0.4 is 0 Å². The molecule has 1 aliphatic rings. The first-order valence-electron chi connectivity index (χ1n) is 9.25. The van der Waals surface area contributed by atoms with E-state index >= 15 is 0 Å². The van der Waals surface area contributed by atoms with Gasteiger partial charge < -0.3 is 19.7 Å². The predicted octanol–water partition coefficient (Wildman–Crippen LogP) is 5.26. The van der Waals surface area contributed by atoms with Crippen LogP contribution in [0.25, 0.3) is 0 Å². The summed E-state index contributed by atoms with van der Waals surface area (Å²) in [5.41, 5.74) is 1.47. The zero-order valence-corrected chi connectivity index (χ0v) is 16.1. The first-order valence-corrected chi connectivity index (χ1v) is 9.63. The molecule has 1 fully saturated rings. The van der Waals surface area contributed by atoms with Crippen LogP contribution in [0.2, 0.25) is 5.02 Å². The number of phenolic OH excluding ortho intramolecular Hbond substituents is 1. The lowest BCUT2D eigenvalue weighted by atomic mass is 9.90. The molecule has 2 N–H and O–H groups in total. The van der Waals surface area contributed by atoms with Gasteiger partial charge >= 0.3 is 5.97 Å². The fourth-order valence-electron chi connectivity index (χ4n) is 3.38. The minimum atomic E-state index is -0.945. The minimum Gasteiger partial charge on any atom is -0.508 e. The third-order valence-corrected chi connectivity index (χ3v) is 5.11. The molecule has 0 bridgehead atoms. The third kappa shape index (κ3) is 5.13. The number of aliphatic carboxylic acids is 1. The van der Waals surface area contributed by atoms with Gasteiger partial charge in [-0.3, -0.25) is 0 Å². The number of hydrogen-bond acceptors (Lipinski definition) is 4. The number of carboxylic acid groups (broad SMARTS) is 1. The summed E-state index contributed by atoms with van der Waals surface area (Å²) in [6.07, 6.45) is 4.07. The van der Waals surface area contributed by atoms with Gasteiger partial charge in [-0.05, 0) is 31.4 Å². The standard InChI is InChI=1S/C22H23ClO5/c23-18-11-6-4-9-16(18)22-27-14-15(8-2-1-3-13-20(25)26)21(28-22)17-10-5-7-12-19(17)24/h3-7,9-13,15,21-22,24H,1-2,8,14H2,(H,25,26)/t15?,21-,22-/m0/s1.